The molecule has 2 nitrogen and oxygen atoms in total. The lowest BCUT2D eigenvalue weighted by molar-refractivity contribution is 0.445. The Hall–Kier alpha value is -10.0. The summed E-state index contributed by atoms with van der Waals surface area (Å²) in [6.07, 6.45) is 22.9. The Bertz CT molecular complexity index is 4970. The van der Waals surface area contributed by atoms with E-state index in [2.05, 4.69) is 336 Å². The first-order chi connectivity index (χ1) is 47.5. The molecule has 0 heterocycles. The number of benzene rings is 12. The molecule has 12 aromatic carbocycles. The zero-order chi connectivity index (χ0) is 65.6. The lowest BCUT2D eigenvalue weighted by Gasteiger charge is -2.32. The second-order valence-electron chi connectivity index (χ2n) is 29.7. The number of rotatable bonds is 16. The fourth-order valence-corrected chi connectivity index (χ4v) is 16.8. The zero-order valence-electron chi connectivity index (χ0n) is 57.1. The summed E-state index contributed by atoms with van der Waals surface area (Å²) in [5, 5.41) is 5.47. The second kappa shape index (κ2) is 26.2. The van der Waals surface area contributed by atoms with Crippen LogP contribution >= 0.6 is 0 Å². The van der Waals surface area contributed by atoms with Crippen molar-refractivity contribution in [3.05, 3.63) is 330 Å². The Morgan fingerprint density at radius 1 is 0.351 bits per heavy atom. The number of para-hydroxylation sites is 4. The van der Waals surface area contributed by atoms with E-state index in [1.54, 1.807) is 0 Å². The van der Waals surface area contributed by atoms with E-state index in [9.17, 15) is 0 Å². The van der Waals surface area contributed by atoms with Gasteiger partial charge in [-0.25, -0.2) is 0 Å². The van der Waals surface area contributed by atoms with Crippen LogP contribution in [0.5, 0.6) is 0 Å². The van der Waals surface area contributed by atoms with Crippen molar-refractivity contribution in [3.8, 4) is 55.6 Å². The van der Waals surface area contributed by atoms with Gasteiger partial charge in [0, 0.05) is 39.7 Å². The van der Waals surface area contributed by atoms with Crippen molar-refractivity contribution < 1.29 is 0 Å². The predicted octanol–water partition coefficient (Wildman–Crippen LogP) is 26.9. The maximum Gasteiger partial charge on any atom is 0.0540 e. The normalized spacial score (nSPS) is 15.8. The molecule has 0 unspecified atom stereocenters. The van der Waals surface area contributed by atoms with Crippen LogP contribution in [0.25, 0.3) is 77.2 Å². The van der Waals surface area contributed by atoms with Gasteiger partial charge in [0.25, 0.3) is 0 Å². The van der Waals surface area contributed by atoms with Crippen LogP contribution in [0.2, 0.25) is 0 Å². The standard InChI is InChI=1S/C95H88N2/c1-94(2,3)75-61-74(79-40-17-20-49-88(79)96(77-38-13-8-14-39-77)89-50-21-18-41-82(89)84-47-26-35-71-33-24-45-80(91(71)84)69-29-9-6-10-30-69)62-76(63-75)95(4,5)64-65-28-23-37-73(60-65)68-54-52-66(53-55-68)67-56-58-78(59-57-67)97(93-86-43-15-16-44-87(86)93)90-51-22-19-42-83(90)85-48-27-36-72-34-25-46-81(92(72)85)70-31-11-7-12-32-70/h8,13-28,33-63,69-70,86H,6-7,9-12,29-32,64H2,1-5H3/t86-/m0/s1. The first-order valence-corrected chi connectivity index (χ1v) is 36.0. The van der Waals surface area contributed by atoms with Gasteiger partial charge in [0.2, 0.25) is 0 Å². The van der Waals surface area contributed by atoms with Crippen molar-refractivity contribution >= 4 is 50.0 Å². The van der Waals surface area contributed by atoms with Crippen LogP contribution in [0.1, 0.15) is 138 Å². The molecular formula is C95H88N2. The Labute approximate surface area is 576 Å². The summed E-state index contributed by atoms with van der Waals surface area (Å²) < 4.78 is 0. The minimum atomic E-state index is -0.205. The van der Waals surface area contributed by atoms with Crippen LogP contribution in [0, 0.1) is 5.92 Å². The predicted molar refractivity (Wildman–Crippen MR) is 414 cm³/mol. The Kier molecular flexibility index (Phi) is 16.7. The molecule has 2 fully saturated rings. The largest absolute Gasteiger partial charge is 0.312 e. The van der Waals surface area contributed by atoms with Crippen molar-refractivity contribution in [1.29, 1.82) is 0 Å². The summed E-state index contributed by atoms with van der Waals surface area (Å²) in [6.45, 7) is 12.0. The van der Waals surface area contributed by atoms with Crippen LogP contribution in [0.15, 0.2) is 302 Å². The average molecular weight is 1260 g/mol. The molecule has 4 aliphatic carbocycles. The SMILES string of the molecule is CC(C)(C)c1cc(-c2ccccc2N(c2ccccc2)c2ccccc2-c2cccc3cccc(C4CCCCC4)c23)cc(C(C)(C)Cc2cccc(-c3ccc(-c4ccc(N(C5=C6C=CC=C[C@@H]65)c5ccccc5-c5cccc6cccc(C7CCCCC7)c56)cc4)cc3)c2)c1. The van der Waals surface area contributed by atoms with Crippen LogP contribution in [-0.2, 0) is 17.3 Å². The average Bonchev–Trinajstić information content (AvgIpc) is 1.46. The molecule has 12 aromatic rings. The van der Waals surface area contributed by atoms with E-state index in [-0.39, 0.29) is 10.8 Å². The molecule has 16 rings (SSSR count). The van der Waals surface area contributed by atoms with Gasteiger partial charge >= 0.3 is 0 Å². The number of anilines is 5. The number of hydrogen-bond acceptors (Lipinski definition) is 2. The van der Waals surface area contributed by atoms with Crippen LogP contribution in [0.4, 0.5) is 28.4 Å². The van der Waals surface area contributed by atoms with E-state index in [0.717, 1.165) is 17.8 Å². The molecular weight excluding hydrogens is 1170 g/mol. The minimum absolute atomic E-state index is 0.0904. The van der Waals surface area contributed by atoms with Gasteiger partial charge in [0.15, 0.2) is 0 Å². The van der Waals surface area contributed by atoms with Crippen LogP contribution in [-0.4, -0.2) is 0 Å². The zero-order valence-corrected chi connectivity index (χ0v) is 57.1. The van der Waals surface area contributed by atoms with Gasteiger partial charge in [0.1, 0.15) is 0 Å². The maximum atomic E-state index is 2.55. The fourth-order valence-electron chi connectivity index (χ4n) is 16.8. The summed E-state index contributed by atoms with van der Waals surface area (Å²) >= 11 is 0. The first kappa shape index (κ1) is 61.8. The molecule has 1 atom stereocenters. The summed E-state index contributed by atoms with van der Waals surface area (Å²) in [4.78, 5) is 5.08. The third kappa shape index (κ3) is 12.2. The van der Waals surface area contributed by atoms with Crippen molar-refractivity contribution in [1.82, 2.24) is 0 Å². The van der Waals surface area contributed by atoms with Crippen molar-refractivity contribution in [2.75, 3.05) is 9.80 Å². The molecule has 0 bridgehead atoms. The van der Waals surface area contributed by atoms with Gasteiger partial charge in [-0.2, -0.15) is 0 Å². The number of allylic oxidation sites excluding steroid dienone is 5. The van der Waals surface area contributed by atoms with Crippen LogP contribution < -0.4 is 9.80 Å². The lowest BCUT2D eigenvalue weighted by Crippen LogP contribution is -2.22. The third-order valence-electron chi connectivity index (χ3n) is 21.9. The van der Waals surface area contributed by atoms with Gasteiger partial charge in [0.05, 0.1) is 17.1 Å². The van der Waals surface area contributed by atoms with E-state index in [4.69, 9.17) is 0 Å². The summed E-state index contributed by atoms with van der Waals surface area (Å²) in [6, 6.07) is 102. The molecule has 478 valence electrons. The molecule has 0 saturated heterocycles. The first-order valence-electron chi connectivity index (χ1n) is 36.0. The molecule has 0 aromatic heterocycles. The second-order valence-corrected chi connectivity index (χ2v) is 29.7. The lowest BCUT2D eigenvalue weighted by atomic mass is 9.75. The molecule has 0 N–H and O–H groups in total. The Morgan fingerprint density at radius 2 is 0.814 bits per heavy atom. The minimum Gasteiger partial charge on any atom is -0.312 e. The Balaban J connectivity index is 0.694. The molecule has 4 aliphatic rings. The van der Waals surface area contributed by atoms with E-state index in [1.165, 1.54) is 198 Å². The van der Waals surface area contributed by atoms with Crippen molar-refractivity contribution in [2.45, 2.75) is 128 Å². The smallest absolute Gasteiger partial charge is 0.0540 e. The number of fused-ring (bicyclic) bond motifs is 3. The molecule has 97 heavy (non-hydrogen) atoms. The highest BCUT2D eigenvalue weighted by atomic mass is 15.2. The van der Waals surface area contributed by atoms with Gasteiger partial charge < -0.3 is 9.80 Å². The van der Waals surface area contributed by atoms with E-state index in [0.29, 0.717) is 17.8 Å². The molecule has 0 spiro atoms. The highest BCUT2D eigenvalue weighted by Gasteiger charge is 2.40. The highest BCUT2D eigenvalue weighted by Crippen LogP contribution is 2.54. The number of hydrogen-bond donors (Lipinski definition) is 0. The summed E-state index contributed by atoms with van der Waals surface area (Å²) in [5.41, 5.74) is 27.8. The number of nitrogens with zero attached hydrogens (tertiary/aromatic N) is 2. The van der Waals surface area contributed by atoms with Crippen molar-refractivity contribution in [2.24, 2.45) is 5.92 Å². The molecule has 2 saturated carbocycles. The van der Waals surface area contributed by atoms with Gasteiger partial charge in [-0.3, -0.25) is 0 Å². The molecule has 0 radical (unpaired) electrons. The van der Waals surface area contributed by atoms with Crippen LogP contribution in [0.3, 0.4) is 0 Å². The highest BCUT2D eigenvalue weighted by molar-refractivity contribution is 6.05. The van der Waals surface area contributed by atoms with E-state index in [1.807, 2.05) is 0 Å². The summed E-state index contributed by atoms with van der Waals surface area (Å²) in [5.74, 6) is 1.49. The van der Waals surface area contributed by atoms with Gasteiger partial charge in [-0.1, -0.05) is 322 Å². The quantitative estimate of drug-likeness (QED) is 0.0951. The monoisotopic (exact) mass is 1260 g/mol. The molecule has 2 heteroatoms. The van der Waals surface area contributed by atoms with E-state index < -0.39 is 0 Å². The van der Waals surface area contributed by atoms with E-state index >= 15 is 0 Å². The molecule has 0 aliphatic heterocycles. The topological polar surface area (TPSA) is 6.48 Å². The molecule has 0 amide bonds. The third-order valence-corrected chi connectivity index (χ3v) is 21.9. The fraction of sp³-hybridized carbons (Fsp3) is 0.221. The van der Waals surface area contributed by atoms with Gasteiger partial charge in [-0.05, 0) is 191 Å². The van der Waals surface area contributed by atoms with Crippen molar-refractivity contribution in [3.63, 3.8) is 0 Å². The maximum absolute atomic E-state index is 2.55. The Morgan fingerprint density at radius 3 is 1.37 bits per heavy atom. The van der Waals surface area contributed by atoms with Gasteiger partial charge in [-0.15, -0.1) is 0 Å². The summed E-state index contributed by atoms with van der Waals surface area (Å²) in [7, 11) is 0.